The molecule has 2 aliphatic heterocycles. The standard InChI is InChI=1S/C24H16ClFN2O4/c25-18-7-14(3-6-19(18)29-11-13-1-4-15(26)5-2-13)23-16-8-21-22(31-12-30-21)9-20(16)32-24(28)17(23)10-27/h1-9,23H,11-12,28H2. The maximum Gasteiger partial charge on any atom is 0.231 e. The molecule has 2 N–H and O–H groups in total. The molecule has 0 saturated heterocycles. The number of hydrogen-bond donors (Lipinski definition) is 1. The highest BCUT2D eigenvalue weighted by molar-refractivity contribution is 6.32. The van der Waals surface area contributed by atoms with Gasteiger partial charge in [-0.1, -0.05) is 29.8 Å². The zero-order chi connectivity index (χ0) is 22.2. The van der Waals surface area contributed by atoms with E-state index in [9.17, 15) is 9.65 Å². The Hall–Kier alpha value is -3.89. The minimum absolute atomic E-state index is 0.0247. The Morgan fingerprint density at radius 1 is 1.06 bits per heavy atom. The van der Waals surface area contributed by atoms with Crippen LogP contribution in [0.3, 0.4) is 0 Å². The molecule has 0 saturated carbocycles. The first-order chi connectivity index (χ1) is 15.5. The molecule has 0 spiro atoms. The van der Waals surface area contributed by atoms with Gasteiger partial charge in [0.2, 0.25) is 12.7 Å². The van der Waals surface area contributed by atoms with Gasteiger partial charge in [-0.05, 0) is 41.5 Å². The topological polar surface area (TPSA) is 86.7 Å². The quantitative estimate of drug-likeness (QED) is 0.601. The fourth-order valence-electron chi connectivity index (χ4n) is 3.75. The lowest BCUT2D eigenvalue weighted by Crippen LogP contribution is -2.21. The Morgan fingerprint density at radius 3 is 2.53 bits per heavy atom. The van der Waals surface area contributed by atoms with Crippen molar-refractivity contribution in [2.75, 3.05) is 6.79 Å². The smallest absolute Gasteiger partial charge is 0.231 e. The van der Waals surface area contributed by atoms with Crippen molar-refractivity contribution in [2.45, 2.75) is 12.5 Å². The van der Waals surface area contributed by atoms with Crippen LogP contribution in [0.1, 0.15) is 22.6 Å². The summed E-state index contributed by atoms with van der Waals surface area (Å²) in [6, 6.07) is 17.0. The summed E-state index contributed by atoms with van der Waals surface area (Å²) in [7, 11) is 0. The van der Waals surface area contributed by atoms with Crippen molar-refractivity contribution in [1.82, 2.24) is 0 Å². The Labute approximate surface area is 188 Å². The van der Waals surface area contributed by atoms with Gasteiger partial charge in [0.15, 0.2) is 11.5 Å². The third kappa shape index (κ3) is 3.55. The summed E-state index contributed by atoms with van der Waals surface area (Å²) in [5, 5.41) is 10.1. The van der Waals surface area contributed by atoms with Gasteiger partial charge in [0.25, 0.3) is 0 Å². The molecular weight excluding hydrogens is 435 g/mol. The van der Waals surface area contributed by atoms with Crippen molar-refractivity contribution in [3.63, 3.8) is 0 Å². The van der Waals surface area contributed by atoms with E-state index in [1.165, 1.54) is 12.1 Å². The highest BCUT2D eigenvalue weighted by atomic mass is 35.5. The van der Waals surface area contributed by atoms with Crippen LogP contribution in [-0.4, -0.2) is 6.79 Å². The molecule has 2 aliphatic rings. The molecule has 0 radical (unpaired) electrons. The molecule has 0 bridgehead atoms. The zero-order valence-corrected chi connectivity index (χ0v) is 17.4. The van der Waals surface area contributed by atoms with Gasteiger partial charge < -0.3 is 24.7 Å². The van der Waals surface area contributed by atoms with Crippen molar-refractivity contribution in [1.29, 1.82) is 5.26 Å². The predicted octanol–water partition coefficient (Wildman–Crippen LogP) is 5.00. The van der Waals surface area contributed by atoms with Crippen LogP contribution in [0.2, 0.25) is 5.02 Å². The summed E-state index contributed by atoms with van der Waals surface area (Å²) < 4.78 is 35.5. The first kappa shape index (κ1) is 20.0. The number of benzene rings is 3. The summed E-state index contributed by atoms with van der Waals surface area (Å²) >= 11 is 6.50. The minimum atomic E-state index is -0.498. The fraction of sp³-hybridized carbons (Fsp3) is 0.125. The van der Waals surface area contributed by atoms with Crippen molar-refractivity contribution in [3.8, 4) is 29.1 Å². The Kier molecular flexibility index (Phi) is 5.00. The highest BCUT2D eigenvalue weighted by Crippen LogP contribution is 2.48. The predicted molar refractivity (Wildman–Crippen MR) is 114 cm³/mol. The average Bonchev–Trinajstić information content (AvgIpc) is 3.24. The van der Waals surface area contributed by atoms with Crippen LogP contribution < -0.4 is 24.7 Å². The number of nitrogens with zero attached hydrogens (tertiary/aromatic N) is 1. The monoisotopic (exact) mass is 450 g/mol. The minimum Gasteiger partial charge on any atom is -0.487 e. The van der Waals surface area contributed by atoms with Crippen molar-refractivity contribution in [2.24, 2.45) is 5.73 Å². The van der Waals surface area contributed by atoms with E-state index in [4.69, 9.17) is 36.3 Å². The van der Waals surface area contributed by atoms with Crippen molar-refractivity contribution >= 4 is 11.6 Å². The maximum atomic E-state index is 13.1. The van der Waals surface area contributed by atoms with Gasteiger partial charge in [-0.2, -0.15) is 5.26 Å². The molecule has 0 amide bonds. The van der Waals surface area contributed by atoms with Crippen LogP contribution in [0.15, 0.2) is 66.1 Å². The Balaban J connectivity index is 1.48. The molecule has 3 aromatic rings. The molecule has 5 rings (SSSR count). The number of rotatable bonds is 4. The number of fused-ring (bicyclic) bond motifs is 2. The Bertz CT molecular complexity index is 1280. The number of nitrogens with two attached hydrogens (primary N) is 1. The summed E-state index contributed by atoms with van der Waals surface area (Å²) in [4.78, 5) is 0. The molecule has 32 heavy (non-hydrogen) atoms. The lowest BCUT2D eigenvalue weighted by atomic mass is 9.83. The van der Waals surface area contributed by atoms with Crippen LogP contribution >= 0.6 is 11.6 Å². The summed E-state index contributed by atoms with van der Waals surface area (Å²) in [6.07, 6.45) is 0. The second kappa shape index (κ2) is 7.98. The number of allylic oxidation sites excluding steroid dienone is 1. The Morgan fingerprint density at radius 2 is 1.81 bits per heavy atom. The van der Waals surface area contributed by atoms with E-state index in [2.05, 4.69) is 6.07 Å². The molecule has 160 valence electrons. The molecule has 8 heteroatoms. The van der Waals surface area contributed by atoms with E-state index in [-0.39, 0.29) is 30.7 Å². The largest absolute Gasteiger partial charge is 0.487 e. The van der Waals surface area contributed by atoms with Gasteiger partial charge in [0.05, 0.1) is 10.9 Å². The van der Waals surface area contributed by atoms with Gasteiger partial charge >= 0.3 is 0 Å². The molecule has 3 aromatic carbocycles. The number of nitriles is 1. The maximum absolute atomic E-state index is 13.1. The third-order valence-corrected chi connectivity index (χ3v) is 5.60. The van der Waals surface area contributed by atoms with Crippen LogP contribution in [0, 0.1) is 17.1 Å². The molecular formula is C24H16ClFN2O4. The van der Waals surface area contributed by atoms with Gasteiger partial charge in [-0.15, -0.1) is 0 Å². The van der Waals surface area contributed by atoms with E-state index in [1.807, 2.05) is 6.07 Å². The van der Waals surface area contributed by atoms with Crippen LogP contribution in [-0.2, 0) is 6.61 Å². The summed E-state index contributed by atoms with van der Waals surface area (Å²) in [6.45, 7) is 0.349. The lowest BCUT2D eigenvalue weighted by Gasteiger charge is -2.27. The number of ether oxygens (including phenoxy) is 4. The molecule has 6 nitrogen and oxygen atoms in total. The third-order valence-electron chi connectivity index (χ3n) is 5.31. The van der Waals surface area contributed by atoms with E-state index in [1.54, 1.807) is 36.4 Å². The summed E-state index contributed by atoms with van der Waals surface area (Å²) in [5.74, 6) is 1.30. The number of hydrogen-bond acceptors (Lipinski definition) is 6. The summed E-state index contributed by atoms with van der Waals surface area (Å²) in [5.41, 5.74) is 8.59. The molecule has 1 unspecified atom stereocenters. The van der Waals surface area contributed by atoms with E-state index in [0.717, 1.165) is 16.7 Å². The highest BCUT2D eigenvalue weighted by Gasteiger charge is 2.33. The van der Waals surface area contributed by atoms with Gasteiger partial charge in [-0.3, -0.25) is 0 Å². The zero-order valence-electron chi connectivity index (χ0n) is 16.6. The molecule has 0 aliphatic carbocycles. The normalized spacial score (nSPS) is 16.2. The van der Waals surface area contributed by atoms with Gasteiger partial charge in [0, 0.05) is 11.6 Å². The average molecular weight is 451 g/mol. The van der Waals surface area contributed by atoms with Crippen molar-refractivity contribution < 1.29 is 23.3 Å². The SMILES string of the molecule is N#CC1=C(N)Oc2cc3c(cc2C1c1ccc(OCc2ccc(F)cc2)c(Cl)c1)OCO3. The van der Waals surface area contributed by atoms with E-state index in [0.29, 0.717) is 28.0 Å². The van der Waals surface area contributed by atoms with Crippen LogP contribution in [0.5, 0.6) is 23.0 Å². The van der Waals surface area contributed by atoms with Crippen molar-refractivity contribution in [3.05, 3.63) is 93.6 Å². The van der Waals surface area contributed by atoms with Gasteiger partial charge in [-0.25, -0.2) is 4.39 Å². The first-order valence-corrected chi connectivity index (χ1v) is 10.1. The fourth-order valence-corrected chi connectivity index (χ4v) is 3.99. The lowest BCUT2D eigenvalue weighted by molar-refractivity contribution is 0.174. The molecule has 1 atom stereocenters. The second-order valence-electron chi connectivity index (χ2n) is 7.27. The van der Waals surface area contributed by atoms with Crippen LogP contribution in [0.4, 0.5) is 4.39 Å². The number of halogens is 2. The van der Waals surface area contributed by atoms with E-state index < -0.39 is 5.92 Å². The molecule has 2 heterocycles. The first-order valence-electron chi connectivity index (χ1n) is 9.71. The van der Waals surface area contributed by atoms with Gasteiger partial charge in [0.1, 0.15) is 35.6 Å². The van der Waals surface area contributed by atoms with E-state index >= 15 is 0 Å². The van der Waals surface area contributed by atoms with Crippen LogP contribution in [0.25, 0.3) is 0 Å². The second-order valence-corrected chi connectivity index (χ2v) is 7.68. The molecule has 0 aromatic heterocycles. The molecule has 0 fully saturated rings.